The molecule has 26 heavy (non-hydrogen) atoms. The van der Waals surface area contributed by atoms with Gasteiger partial charge in [-0.15, -0.1) is 0 Å². The van der Waals surface area contributed by atoms with E-state index in [0.717, 1.165) is 11.1 Å². The van der Waals surface area contributed by atoms with Gasteiger partial charge in [-0.1, -0.05) is 52.9 Å². The lowest BCUT2D eigenvalue weighted by molar-refractivity contribution is -0.113. The number of nitrogens with two attached hydrogens (primary N) is 1. The average Bonchev–Trinajstić information content (AvgIpc) is 2.62. The van der Waals surface area contributed by atoms with Crippen molar-refractivity contribution < 1.29 is 17.8 Å². The van der Waals surface area contributed by atoms with Crippen molar-refractivity contribution in [3.8, 4) is 11.1 Å². The molecule has 0 spiro atoms. The van der Waals surface area contributed by atoms with E-state index in [4.69, 9.17) is 10.3 Å². The van der Waals surface area contributed by atoms with Crippen LogP contribution in [0.25, 0.3) is 21.9 Å². The second-order valence-electron chi connectivity index (χ2n) is 5.64. The monoisotopic (exact) mass is 482 g/mol. The van der Waals surface area contributed by atoms with E-state index in [9.17, 15) is 13.2 Å². The summed E-state index contributed by atoms with van der Waals surface area (Å²) in [5, 5.41) is 4.09. The Morgan fingerprint density at radius 3 is 2.38 bits per heavy atom. The van der Waals surface area contributed by atoms with Crippen molar-refractivity contribution in [2.75, 3.05) is 15.5 Å². The van der Waals surface area contributed by atoms with Crippen LogP contribution in [-0.4, -0.2) is 23.3 Å². The minimum Gasteiger partial charge on any atom is -0.398 e. The maximum Gasteiger partial charge on any atom is 0.294 e. The predicted octanol–water partition coefficient (Wildman–Crippen LogP) is 3.71. The van der Waals surface area contributed by atoms with Crippen LogP contribution in [-0.2, 0) is 14.9 Å². The molecular weight excluding hydrogens is 467 g/mol. The zero-order valence-corrected chi connectivity index (χ0v) is 16.4. The molecule has 0 saturated carbocycles. The molecule has 0 atom stereocenters. The minimum absolute atomic E-state index is 0.0711. The van der Waals surface area contributed by atoms with Gasteiger partial charge in [0.25, 0.3) is 10.1 Å². The second kappa shape index (κ2) is 7.22. The molecule has 8 heteroatoms. The lowest BCUT2D eigenvalue weighted by atomic mass is 9.98. The fourth-order valence-electron chi connectivity index (χ4n) is 2.67. The molecule has 3 aromatic carbocycles. The molecule has 0 aliphatic carbocycles. The molecular formula is C18H15IN2O4S. The summed E-state index contributed by atoms with van der Waals surface area (Å²) in [6.45, 7) is 0. The van der Waals surface area contributed by atoms with Gasteiger partial charge in [-0.2, -0.15) is 8.42 Å². The number of anilines is 2. The summed E-state index contributed by atoms with van der Waals surface area (Å²) in [4.78, 5) is 11.3. The Bertz CT molecular complexity index is 1100. The van der Waals surface area contributed by atoms with Gasteiger partial charge >= 0.3 is 0 Å². The van der Waals surface area contributed by atoms with E-state index in [1.165, 1.54) is 12.1 Å². The summed E-state index contributed by atoms with van der Waals surface area (Å²) in [6.07, 6.45) is 0. The molecule has 0 saturated heterocycles. The normalized spacial score (nSPS) is 11.5. The average molecular weight is 482 g/mol. The van der Waals surface area contributed by atoms with E-state index in [1.54, 1.807) is 30.3 Å². The topological polar surface area (TPSA) is 109 Å². The Labute approximate surface area is 164 Å². The quantitative estimate of drug-likeness (QED) is 0.227. The van der Waals surface area contributed by atoms with Crippen LogP contribution < -0.4 is 11.1 Å². The molecule has 0 fully saturated rings. The van der Waals surface area contributed by atoms with Gasteiger partial charge in [0, 0.05) is 22.3 Å². The number of nitrogens with one attached hydrogen (secondary N) is 1. The molecule has 3 rings (SSSR count). The Kier molecular flexibility index (Phi) is 5.17. The van der Waals surface area contributed by atoms with Crippen LogP contribution in [0.15, 0.2) is 59.5 Å². The van der Waals surface area contributed by atoms with Gasteiger partial charge in [0.05, 0.1) is 9.32 Å². The van der Waals surface area contributed by atoms with E-state index >= 15 is 0 Å². The summed E-state index contributed by atoms with van der Waals surface area (Å²) in [5.41, 5.74) is 9.14. The lowest BCUT2D eigenvalue weighted by Crippen LogP contribution is -2.11. The Morgan fingerprint density at radius 2 is 1.77 bits per heavy atom. The second-order valence-corrected chi connectivity index (χ2v) is 7.83. The van der Waals surface area contributed by atoms with Crippen molar-refractivity contribution in [2.24, 2.45) is 0 Å². The first-order valence-corrected chi connectivity index (χ1v) is 10.5. The van der Waals surface area contributed by atoms with Gasteiger partial charge in [-0.25, -0.2) is 0 Å². The van der Waals surface area contributed by atoms with E-state index in [-0.39, 0.29) is 10.8 Å². The van der Waals surface area contributed by atoms with Crippen molar-refractivity contribution in [3.63, 3.8) is 0 Å². The summed E-state index contributed by atoms with van der Waals surface area (Å²) in [7, 11) is -4.26. The largest absolute Gasteiger partial charge is 0.398 e. The van der Waals surface area contributed by atoms with Gasteiger partial charge in [-0.3, -0.25) is 9.35 Å². The fraction of sp³-hybridized carbons (Fsp3) is 0.0556. The molecule has 6 nitrogen and oxygen atoms in total. The van der Waals surface area contributed by atoms with Crippen LogP contribution in [0.2, 0.25) is 0 Å². The van der Waals surface area contributed by atoms with Crippen LogP contribution in [0.1, 0.15) is 0 Å². The highest BCUT2D eigenvalue weighted by molar-refractivity contribution is 14.1. The summed E-state index contributed by atoms with van der Waals surface area (Å²) in [6, 6.07) is 15.1. The van der Waals surface area contributed by atoms with Gasteiger partial charge in [-0.05, 0) is 35.2 Å². The number of alkyl halides is 1. The third kappa shape index (κ3) is 3.81. The van der Waals surface area contributed by atoms with Crippen molar-refractivity contribution in [2.45, 2.75) is 4.90 Å². The summed E-state index contributed by atoms with van der Waals surface area (Å²) < 4.78 is 32.1. The van der Waals surface area contributed by atoms with Crippen LogP contribution in [0.5, 0.6) is 0 Å². The predicted molar refractivity (Wildman–Crippen MR) is 111 cm³/mol. The van der Waals surface area contributed by atoms with Gasteiger partial charge < -0.3 is 11.1 Å². The van der Waals surface area contributed by atoms with Crippen LogP contribution in [0.4, 0.5) is 11.4 Å². The number of rotatable bonds is 4. The zero-order chi connectivity index (χ0) is 18.9. The SMILES string of the molecule is Nc1c(-c2ccc(NC(=O)CI)cc2)ccc2cc(S(=O)(=O)O)ccc12. The number of nitrogen functional groups attached to an aromatic ring is 1. The van der Waals surface area contributed by atoms with Gasteiger partial charge in [0.2, 0.25) is 5.91 Å². The number of hydrogen-bond acceptors (Lipinski definition) is 4. The summed E-state index contributed by atoms with van der Waals surface area (Å²) >= 11 is 1.99. The van der Waals surface area contributed by atoms with E-state index in [0.29, 0.717) is 26.6 Å². The highest BCUT2D eigenvalue weighted by Crippen LogP contribution is 2.34. The first-order valence-electron chi connectivity index (χ1n) is 7.55. The molecule has 0 aromatic heterocycles. The van der Waals surface area contributed by atoms with Gasteiger partial charge in [0.1, 0.15) is 0 Å². The Hall–Kier alpha value is -2.17. The summed E-state index contributed by atoms with van der Waals surface area (Å²) in [5.74, 6) is -0.0711. The van der Waals surface area contributed by atoms with E-state index < -0.39 is 10.1 Å². The first-order chi connectivity index (χ1) is 12.3. The van der Waals surface area contributed by atoms with Crippen molar-refractivity contribution in [1.29, 1.82) is 0 Å². The number of carbonyl (C=O) groups is 1. The van der Waals surface area contributed by atoms with E-state index in [2.05, 4.69) is 5.32 Å². The number of hydrogen-bond donors (Lipinski definition) is 3. The molecule has 0 heterocycles. The number of amides is 1. The first kappa shape index (κ1) is 18.6. The molecule has 4 N–H and O–H groups in total. The van der Waals surface area contributed by atoms with Crippen LogP contribution >= 0.6 is 22.6 Å². The highest BCUT2D eigenvalue weighted by atomic mass is 127. The number of benzene rings is 3. The standard InChI is InChI=1S/C18H15IN2O4S/c19-10-17(22)21-13-4-1-11(2-5-13)15-7-3-12-9-14(26(23,24)25)6-8-16(12)18(15)20/h1-9H,10,20H2,(H,21,22)(H,23,24,25). The smallest absolute Gasteiger partial charge is 0.294 e. The number of carbonyl (C=O) groups excluding carboxylic acids is 1. The molecule has 0 aliphatic heterocycles. The van der Waals surface area contributed by atoms with Gasteiger partial charge in [0.15, 0.2) is 0 Å². The van der Waals surface area contributed by atoms with E-state index in [1.807, 2.05) is 34.7 Å². The Balaban J connectivity index is 2.01. The van der Waals surface area contributed by atoms with Crippen molar-refractivity contribution in [1.82, 2.24) is 0 Å². The maximum atomic E-state index is 11.4. The number of halogens is 1. The number of fused-ring (bicyclic) bond motifs is 1. The molecule has 0 aliphatic rings. The molecule has 0 bridgehead atoms. The lowest BCUT2D eigenvalue weighted by Gasteiger charge is -2.11. The fourth-order valence-corrected chi connectivity index (χ4v) is 3.38. The third-order valence-electron chi connectivity index (χ3n) is 3.93. The maximum absolute atomic E-state index is 11.4. The molecule has 1 amide bonds. The van der Waals surface area contributed by atoms with Crippen molar-refractivity contribution in [3.05, 3.63) is 54.6 Å². The van der Waals surface area contributed by atoms with Crippen LogP contribution in [0.3, 0.4) is 0 Å². The molecule has 3 aromatic rings. The highest BCUT2D eigenvalue weighted by Gasteiger charge is 2.13. The Morgan fingerprint density at radius 1 is 1.08 bits per heavy atom. The molecule has 0 unspecified atom stereocenters. The van der Waals surface area contributed by atoms with Crippen molar-refractivity contribution >= 4 is 60.8 Å². The minimum atomic E-state index is -4.26. The third-order valence-corrected chi connectivity index (χ3v) is 5.47. The molecule has 134 valence electrons. The van der Waals surface area contributed by atoms with Crippen LogP contribution in [0, 0.1) is 0 Å². The zero-order valence-electron chi connectivity index (χ0n) is 13.4. The molecule has 0 radical (unpaired) electrons.